The van der Waals surface area contributed by atoms with Crippen LogP contribution in [0.5, 0.6) is 0 Å². The minimum Gasteiger partial charge on any atom is -0.337 e. The Balaban J connectivity index is 2.41. The smallest absolute Gasteiger partial charge is 0.246 e. The predicted molar refractivity (Wildman–Crippen MR) is 68.8 cm³/mol. The van der Waals surface area contributed by atoms with Gasteiger partial charge in [-0.05, 0) is 39.3 Å². The number of pyridine rings is 1. The van der Waals surface area contributed by atoms with Crippen LogP contribution in [0.2, 0.25) is 0 Å². The Morgan fingerprint density at radius 1 is 1.22 bits per heavy atom. The number of hydrogen-bond acceptors (Lipinski definition) is 5. The van der Waals surface area contributed by atoms with Gasteiger partial charge in [0, 0.05) is 17.0 Å². The van der Waals surface area contributed by atoms with Crippen molar-refractivity contribution in [2.24, 2.45) is 5.73 Å². The van der Waals surface area contributed by atoms with Crippen LogP contribution in [-0.4, -0.2) is 15.1 Å². The Hall–Kier alpha value is -1.75. The summed E-state index contributed by atoms with van der Waals surface area (Å²) < 4.78 is 5.25. The lowest BCUT2D eigenvalue weighted by Gasteiger charge is -2.16. The second-order valence-corrected chi connectivity index (χ2v) is 4.83. The van der Waals surface area contributed by atoms with E-state index < -0.39 is 5.54 Å². The molecule has 2 aromatic rings. The van der Waals surface area contributed by atoms with E-state index >= 15 is 0 Å². The van der Waals surface area contributed by atoms with Gasteiger partial charge in [0.05, 0.1) is 5.54 Å². The molecule has 5 heteroatoms. The number of aryl methyl sites for hydroxylation is 2. The molecule has 2 N–H and O–H groups in total. The maximum absolute atomic E-state index is 6.08. The van der Waals surface area contributed by atoms with Gasteiger partial charge in [-0.1, -0.05) is 12.1 Å². The Labute approximate surface area is 106 Å². The van der Waals surface area contributed by atoms with E-state index in [0.29, 0.717) is 11.7 Å². The Morgan fingerprint density at radius 2 is 1.83 bits per heavy atom. The first-order chi connectivity index (χ1) is 8.42. The molecule has 0 aliphatic carbocycles. The highest BCUT2D eigenvalue weighted by atomic mass is 16.5. The molecular formula is C13H18N4O. The largest absolute Gasteiger partial charge is 0.337 e. The molecule has 0 bridgehead atoms. The van der Waals surface area contributed by atoms with Crippen LogP contribution in [0.4, 0.5) is 0 Å². The molecule has 2 rings (SSSR count). The standard InChI is InChI=1S/C13H18N4O/c1-5-13(4,14)12-16-11(17-18-12)10-6-8(2)15-9(3)7-10/h6-7H,5,14H2,1-4H3. The second-order valence-electron chi connectivity index (χ2n) is 4.83. The van der Waals surface area contributed by atoms with Crippen molar-refractivity contribution in [3.05, 3.63) is 29.4 Å². The number of aromatic nitrogens is 3. The van der Waals surface area contributed by atoms with Gasteiger partial charge < -0.3 is 10.3 Å². The van der Waals surface area contributed by atoms with Crippen LogP contribution in [-0.2, 0) is 5.54 Å². The monoisotopic (exact) mass is 246 g/mol. The van der Waals surface area contributed by atoms with E-state index in [1.807, 2.05) is 39.8 Å². The predicted octanol–water partition coefficient (Wildman–Crippen LogP) is 2.33. The van der Waals surface area contributed by atoms with Gasteiger partial charge in [-0.15, -0.1) is 0 Å². The fourth-order valence-electron chi connectivity index (χ4n) is 1.69. The van der Waals surface area contributed by atoms with E-state index in [2.05, 4.69) is 15.1 Å². The topological polar surface area (TPSA) is 77.8 Å². The Kier molecular flexibility index (Phi) is 3.17. The summed E-state index contributed by atoms with van der Waals surface area (Å²) in [6.07, 6.45) is 0.739. The van der Waals surface area contributed by atoms with Crippen molar-refractivity contribution in [2.75, 3.05) is 0 Å². The summed E-state index contributed by atoms with van der Waals surface area (Å²) in [5.74, 6) is 1.02. The second kappa shape index (κ2) is 4.49. The summed E-state index contributed by atoms with van der Waals surface area (Å²) in [6.45, 7) is 7.76. The van der Waals surface area contributed by atoms with E-state index in [9.17, 15) is 0 Å². The third kappa shape index (κ3) is 2.41. The molecule has 1 atom stereocenters. The molecule has 1 unspecified atom stereocenters. The van der Waals surface area contributed by atoms with Crippen LogP contribution in [0.3, 0.4) is 0 Å². The quantitative estimate of drug-likeness (QED) is 0.899. The molecule has 2 aromatic heterocycles. The average molecular weight is 246 g/mol. The summed E-state index contributed by atoms with van der Waals surface area (Å²) in [7, 11) is 0. The Bertz CT molecular complexity index is 540. The highest BCUT2D eigenvalue weighted by Gasteiger charge is 2.26. The van der Waals surface area contributed by atoms with Gasteiger partial charge in [0.1, 0.15) is 0 Å². The summed E-state index contributed by atoms with van der Waals surface area (Å²) in [5, 5.41) is 3.99. The summed E-state index contributed by atoms with van der Waals surface area (Å²) in [4.78, 5) is 8.70. The molecule has 18 heavy (non-hydrogen) atoms. The van der Waals surface area contributed by atoms with E-state index in [4.69, 9.17) is 10.3 Å². The van der Waals surface area contributed by atoms with Crippen molar-refractivity contribution < 1.29 is 4.52 Å². The summed E-state index contributed by atoms with van der Waals surface area (Å²) in [6, 6.07) is 3.86. The molecule has 5 nitrogen and oxygen atoms in total. The van der Waals surface area contributed by atoms with Crippen LogP contribution in [0.1, 0.15) is 37.5 Å². The zero-order valence-electron chi connectivity index (χ0n) is 11.2. The average Bonchev–Trinajstić information content (AvgIpc) is 2.77. The summed E-state index contributed by atoms with van der Waals surface area (Å²) >= 11 is 0. The minimum atomic E-state index is -0.581. The highest BCUT2D eigenvalue weighted by molar-refractivity contribution is 5.55. The van der Waals surface area contributed by atoms with E-state index in [1.165, 1.54) is 0 Å². The molecular weight excluding hydrogens is 228 g/mol. The number of hydrogen-bond donors (Lipinski definition) is 1. The van der Waals surface area contributed by atoms with Crippen LogP contribution in [0.15, 0.2) is 16.7 Å². The molecule has 0 aliphatic heterocycles. The molecule has 0 aromatic carbocycles. The maximum Gasteiger partial charge on any atom is 0.246 e. The Morgan fingerprint density at radius 3 is 2.39 bits per heavy atom. The fraction of sp³-hybridized carbons (Fsp3) is 0.462. The first-order valence-electron chi connectivity index (χ1n) is 6.01. The first kappa shape index (κ1) is 12.7. The number of rotatable bonds is 3. The molecule has 0 spiro atoms. The molecule has 0 amide bonds. The van der Waals surface area contributed by atoms with Gasteiger partial charge in [0.15, 0.2) is 0 Å². The zero-order chi connectivity index (χ0) is 13.3. The molecule has 96 valence electrons. The lowest BCUT2D eigenvalue weighted by molar-refractivity contribution is 0.291. The molecule has 2 heterocycles. The molecule has 0 saturated heterocycles. The van der Waals surface area contributed by atoms with Gasteiger partial charge in [0.25, 0.3) is 0 Å². The van der Waals surface area contributed by atoms with Crippen LogP contribution < -0.4 is 5.73 Å². The SMILES string of the molecule is CCC(C)(N)c1nc(-c2cc(C)nc(C)c2)no1. The minimum absolute atomic E-state index is 0.465. The van der Waals surface area contributed by atoms with E-state index in [1.54, 1.807) is 0 Å². The first-order valence-corrected chi connectivity index (χ1v) is 6.01. The van der Waals surface area contributed by atoms with Crippen molar-refractivity contribution in [1.29, 1.82) is 0 Å². The van der Waals surface area contributed by atoms with Crippen molar-refractivity contribution in [3.63, 3.8) is 0 Å². The van der Waals surface area contributed by atoms with Gasteiger partial charge in [-0.25, -0.2) is 0 Å². The fourth-order valence-corrected chi connectivity index (χ4v) is 1.69. The van der Waals surface area contributed by atoms with Crippen molar-refractivity contribution in [2.45, 2.75) is 39.7 Å². The van der Waals surface area contributed by atoms with Gasteiger partial charge in [-0.3, -0.25) is 4.98 Å². The van der Waals surface area contributed by atoms with Crippen LogP contribution >= 0.6 is 0 Å². The normalized spacial score (nSPS) is 14.5. The third-order valence-electron chi connectivity index (χ3n) is 2.99. The van der Waals surface area contributed by atoms with Crippen LogP contribution in [0.25, 0.3) is 11.4 Å². The lowest BCUT2D eigenvalue weighted by Crippen LogP contribution is -2.32. The lowest BCUT2D eigenvalue weighted by atomic mass is 10.0. The van der Waals surface area contributed by atoms with Gasteiger partial charge in [0.2, 0.25) is 11.7 Å². The maximum atomic E-state index is 6.08. The molecule has 0 saturated carbocycles. The van der Waals surface area contributed by atoms with Gasteiger partial charge in [-0.2, -0.15) is 4.98 Å². The highest BCUT2D eigenvalue weighted by Crippen LogP contribution is 2.23. The van der Waals surface area contributed by atoms with E-state index in [0.717, 1.165) is 23.4 Å². The summed E-state index contributed by atoms with van der Waals surface area (Å²) in [5.41, 5.74) is 8.27. The van der Waals surface area contributed by atoms with E-state index in [-0.39, 0.29) is 0 Å². The van der Waals surface area contributed by atoms with Crippen molar-refractivity contribution in [3.8, 4) is 11.4 Å². The third-order valence-corrected chi connectivity index (χ3v) is 2.99. The number of nitrogens with two attached hydrogens (primary N) is 1. The van der Waals surface area contributed by atoms with Crippen LogP contribution in [0, 0.1) is 13.8 Å². The zero-order valence-corrected chi connectivity index (χ0v) is 11.2. The van der Waals surface area contributed by atoms with Crippen molar-refractivity contribution >= 4 is 0 Å². The molecule has 0 aliphatic rings. The van der Waals surface area contributed by atoms with Crippen molar-refractivity contribution in [1.82, 2.24) is 15.1 Å². The molecule has 0 fully saturated rings. The molecule has 0 radical (unpaired) electrons. The van der Waals surface area contributed by atoms with Gasteiger partial charge >= 0.3 is 0 Å². The number of nitrogens with zero attached hydrogens (tertiary/aromatic N) is 3.